The molecule has 0 spiro atoms. The van der Waals surface area contributed by atoms with Gasteiger partial charge >= 0.3 is 5.97 Å². The first-order valence-corrected chi connectivity index (χ1v) is 5.93. The van der Waals surface area contributed by atoms with E-state index in [2.05, 4.69) is 5.32 Å². The van der Waals surface area contributed by atoms with Gasteiger partial charge < -0.3 is 16.2 Å². The molecule has 0 bridgehead atoms. The highest BCUT2D eigenvalue weighted by Gasteiger charge is 2.10. The van der Waals surface area contributed by atoms with Crippen LogP contribution in [0.2, 0.25) is 0 Å². The zero-order valence-corrected chi connectivity index (χ0v) is 9.63. The Labute approximate surface area is 98.2 Å². The molecule has 0 saturated carbocycles. The summed E-state index contributed by atoms with van der Waals surface area (Å²) in [6.45, 7) is 0.352. The fourth-order valence-corrected chi connectivity index (χ4v) is 1.66. The summed E-state index contributed by atoms with van der Waals surface area (Å²) in [5, 5.41) is 19.3. The molecule has 0 heterocycles. The third-order valence-electron chi connectivity index (χ3n) is 1.68. The van der Waals surface area contributed by atoms with E-state index in [-0.39, 0.29) is 11.7 Å². The van der Waals surface area contributed by atoms with Crippen LogP contribution in [0.5, 0.6) is 0 Å². The fourth-order valence-electron chi connectivity index (χ4n) is 0.807. The Balaban J connectivity index is 3.41. The van der Waals surface area contributed by atoms with E-state index in [4.69, 9.17) is 16.1 Å². The highest BCUT2D eigenvalue weighted by Crippen LogP contribution is 2.03. The maximum atomic E-state index is 11.1. The molecule has 0 saturated heterocycles. The number of nitrogens with two attached hydrogens (primary N) is 1. The van der Waals surface area contributed by atoms with Crippen molar-refractivity contribution in [3.05, 3.63) is 0 Å². The summed E-state index contributed by atoms with van der Waals surface area (Å²) in [5.41, 5.74) is 5.28. The number of carboxylic acids is 1. The molecule has 0 aliphatic carbocycles. The molecule has 16 heavy (non-hydrogen) atoms. The zero-order chi connectivity index (χ0) is 12.4. The lowest BCUT2D eigenvalue weighted by atomic mass is 10.2. The number of carboxylic acid groups (broad SMARTS) is 1. The van der Waals surface area contributed by atoms with Crippen LogP contribution in [0.15, 0.2) is 0 Å². The molecule has 1 unspecified atom stereocenters. The van der Waals surface area contributed by atoms with Gasteiger partial charge in [-0.1, -0.05) is 0 Å². The third kappa shape index (κ3) is 8.08. The summed E-state index contributed by atoms with van der Waals surface area (Å²) in [7, 11) is 0. The topological polar surface area (TPSA) is 116 Å². The molecule has 6 nitrogen and oxygen atoms in total. The smallest absolute Gasteiger partial charge is 0.320 e. The molecule has 0 fully saturated rings. The van der Waals surface area contributed by atoms with E-state index < -0.39 is 12.0 Å². The number of aliphatic carboxylic acids is 1. The summed E-state index contributed by atoms with van der Waals surface area (Å²) in [4.78, 5) is 21.5. The SMILES string of the molecule is N#CCCNC(=O)CSCCC(N)C(=O)O. The summed E-state index contributed by atoms with van der Waals surface area (Å²) < 4.78 is 0. The summed E-state index contributed by atoms with van der Waals surface area (Å²) >= 11 is 1.33. The van der Waals surface area contributed by atoms with Gasteiger partial charge in [0.15, 0.2) is 0 Å². The molecule has 0 aliphatic heterocycles. The van der Waals surface area contributed by atoms with Gasteiger partial charge in [0, 0.05) is 6.54 Å². The Bertz CT molecular complexity index is 278. The minimum absolute atomic E-state index is 0.149. The molecule has 0 rings (SSSR count). The zero-order valence-electron chi connectivity index (χ0n) is 8.81. The van der Waals surface area contributed by atoms with Crippen molar-refractivity contribution >= 4 is 23.6 Å². The van der Waals surface area contributed by atoms with Gasteiger partial charge in [0.25, 0.3) is 0 Å². The predicted molar refractivity (Wildman–Crippen MR) is 60.8 cm³/mol. The molecule has 0 aliphatic rings. The van der Waals surface area contributed by atoms with Crippen molar-refractivity contribution in [2.75, 3.05) is 18.1 Å². The van der Waals surface area contributed by atoms with E-state index in [1.807, 2.05) is 6.07 Å². The molecule has 0 aromatic rings. The summed E-state index contributed by atoms with van der Waals surface area (Å²) in [5.74, 6) is -0.389. The number of amides is 1. The van der Waals surface area contributed by atoms with Crippen LogP contribution in [0.4, 0.5) is 0 Å². The van der Waals surface area contributed by atoms with Gasteiger partial charge in [0.05, 0.1) is 18.2 Å². The number of carbonyl (C=O) groups is 2. The predicted octanol–water partition coefficient (Wildman–Crippen LogP) is -0.449. The molecular formula is C9H15N3O3S. The highest BCUT2D eigenvalue weighted by atomic mass is 32.2. The van der Waals surface area contributed by atoms with Gasteiger partial charge in [-0.25, -0.2) is 0 Å². The lowest BCUT2D eigenvalue weighted by Gasteiger charge is -2.05. The second kappa shape index (κ2) is 9.00. The van der Waals surface area contributed by atoms with Crippen LogP contribution in [0.3, 0.4) is 0 Å². The standard InChI is InChI=1S/C9H15N3O3S/c10-3-1-4-12-8(13)6-16-5-2-7(11)9(14)15/h7H,1-2,4-6,11H2,(H,12,13)(H,14,15). The maximum Gasteiger partial charge on any atom is 0.320 e. The first-order valence-electron chi connectivity index (χ1n) is 4.77. The van der Waals surface area contributed by atoms with E-state index in [9.17, 15) is 9.59 Å². The maximum absolute atomic E-state index is 11.1. The monoisotopic (exact) mass is 245 g/mol. The number of carbonyl (C=O) groups excluding carboxylic acids is 1. The van der Waals surface area contributed by atoms with E-state index >= 15 is 0 Å². The number of rotatable bonds is 8. The molecule has 0 aromatic heterocycles. The largest absolute Gasteiger partial charge is 0.480 e. The number of nitriles is 1. The quantitative estimate of drug-likeness (QED) is 0.499. The van der Waals surface area contributed by atoms with Gasteiger partial charge in [-0.3, -0.25) is 9.59 Å². The van der Waals surface area contributed by atoms with Gasteiger partial charge in [0.1, 0.15) is 6.04 Å². The number of nitrogens with zero attached hydrogens (tertiary/aromatic N) is 1. The summed E-state index contributed by atoms with van der Waals surface area (Å²) in [6, 6.07) is 1.05. The molecule has 4 N–H and O–H groups in total. The third-order valence-corrected chi connectivity index (χ3v) is 2.67. The molecule has 0 aromatic carbocycles. The van der Waals surface area contributed by atoms with Crippen molar-refractivity contribution in [2.24, 2.45) is 5.73 Å². The van der Waals surface area contributed by atoms with Crippen LogP contribution in [-0.2, 0) is 9.59 Å². The van der Waals surface area contributed by atoms with E-state index in [0.717, 1.165) is 0 Å². The van der Waals surface area contributed by atoms with E-state index in [1.165, 1.54) is 11.8 Å². The lowest BCUT2D eigenvalue weighted by Crippen LogP contribution is -2.31. The average Bonchev–Trinajstić information content (AvgIpc) is 2.24. The van der Waals surface area contributed by atoms with Crippen LogP contribution in [0.1, 0.15) is 12.8 Å². The van der Waals surface area contributed by atoms with E-state index in [1.54, 1.807) is 0 Å². The minimum atomic E-state index is -1.03. The van der Waals surface area contributed by atoms with Crippen molar-refractivity contribution in [1.82, 2.24) is 5.32 Å². The molecule has 1 amide bonds. The Hall–Kier alpha value is -1.26. The van der Waals surface area contributed by atoms with E-state index in [0.29, 0.717) is 25.1 Å². The van der Waals surface area contributed by atoms with Crippen LogP contribution in [0, 0.1) is 11.3 Å². The van der Waals surface area contributed by atoms with Crippen molar-refractivity contribution in [3.8, 4) is 6.07 Å². The second-order valence-electron chi connectivity index (χ2n) is 3.04. The van der Waals surface area contributed by atoms with Gasteiger partial charge in [-0.05, 0) is 12.2 Å². The summed E-state index contributed by atoms with van der Waals surface area (Å²) in [6.07, 6.45) is 0.631. The fraction of sp³-hybridized carbons (Fsp3) is 0.667. The average molecular weight is 245 g/mol. The second-order valence-corrected chi connectivity index (χ2v) is 4.15. The van der Waals surface area contributed by atoms with Crippen LogP contribution in [0.25, 0.3) is 0 Å². The lowest BCUT2D eigenvalue weighted by molar-refractivity contribution is -0.138. The Kier molecular flexibility index (Phi) is 8.29. The Morgan fingerprint density at radius 2 is 2.25 bits per heavy atom. The van der Waals surface area contributed by atoms with Crippen molar-refractivity contribution < 1.29 is 14.7 Å². The van der Waals surface area contributed by atoms with Gasteiger partial charge in [0.2, 0.25) is 5.91 Å². The van der Waals surface area contributed by atoms with Crippen LogP contribution < -0.4 is 11.1 Å². The van der Waals surface area contributed by atoms with Crippen LogP contribution >= 0.6 is 11.8 Å². The highest BCUT2D eigenvalue weighted by molar-refractivity contribution is 7.99. The van der Waals surface area contributed by atoms with Crippen LogP contribution in [-0.4, -0.2) is 41.1 Å². The van der Waals surface area contributed by atoms with Crippen molar-refractivity contribution in [2.45, 2.75) is 18.9 Å². The Morgan fingerprint density at radius 1 is 1.56 bits per heavy atom. The van der Waals surface area contributed by atoms with Crippen molar-refractivity contribution in [3.63, 3.8) is 0 Å². The molecule has 90 valence electrons. The number of hydrogen-bond donors (Lipinski definition) is 3. The van der Waals surface area contributed by atoms with Gasteiger partial charge in [-0.15, -0.1) is 0 Å². The number of nitrogens with one attached hydrogen (secondary N) is 1. The number of thioether (sulfide) groups is 1. The molecular weight excluding hydrogens is 230 g/mol. The first-order chi connectivity index (χ1) is 7.57. The molecule has 7 heteroatoms. The normalized spacial score (nSPS) is 11.5. The van der Waals surface area contributed by atoms with Gasteiger partial charge in [-0.2, -0.15) is 17.0 Å². The molecule has 1 atom stereocenters. The number of hydrogen-bond acceptors (Lipinski definition) is 5. The Morgan fingerprint density at radius 3 is 2.81 bits per heavy atom. The molecule has 0 radical (unpaired) electrons. The minimum Gasteiger partial charge on any atom is -0.480 e. The van der Waals surface area contributed by atoms with Crippen molar-refractivity contribution in [1.29, 1.82) is 5.26 Å². The first kappa shape index (κ1) is 14.7.